The number of methoxy groups -OCH3 is 1. The first-order chi connectivity index (χ1) is 15.3. The van der Waals surface area contributed by atoms with Crippen LogP contribution < -0.4 is 14.8 Å². The number of aryl methyl sites for hydroxylation is 2. The Balaban J connectivity index is 1.39. The maximum Gasteiger partial charge on any atom is 0.317 e. The first kappa shape index (κ1) is 23.9. The van der Waals surface area contributed by atoms with Crippen molar-refractivity contribution < 1.29 is 22.7 Å². The molecule has 0 atom stereocenters. The number of hydrogen-bond acceptors (Lipinski definition) is 5. The molecule has 1 aliphatic rings. The monoisotopic (exact) mass is 461 g/mol. The third-order valence-electron chi connectivity index (χ3n) is 5.57. The molecular formula is C23H31N3O5S. The van der Waals surface area contributed by atoms with Gasteiger partial charge < -0.3 is 19.7 Å². The number of piperazine rings is 1. The molecule has 2 amide bonds. The lowest BCUT2D eigenvalue weighted by molar-refractivity contribution is 0.171. The molecule has 0 spiro atoms. The van der Waals surface area contributed by atoms with E-state index in [9.17, 15) is 13.2 Å². The van der Waals surface area contributed by atoms with Crippen molar-refractivity contribution >= 4 is 16.1 Å². The number of nitrogens with one attached hydrogen (secondary N) is 1. The molecule has 0 aliphatic carbocycles. The Morgan fingerprint density at radius 1 is 0.969 bits per heavy atom. The van der Waals surface area contributed by atoms with Gasteiger partial charge in [-0.2, -0.15) is 4.31 Å². The SMILES string of the molecule is COc1ccc(OCCCNC(=O)N2CCN(S(=O)(=O)c3ccc(C)c(C)c3)CC2)cc1. The minimum Gasteiger partial charge on any atom is -0.497 e. The molecule has 2 aromatic rings. The van der Waals surface area contributed by atoms with Crippen LogP contribution in [0.25, 0.3) is 0 Å². The molecule has 1 N–H and O–H groups in total. The van der Waals surface area contributed by atoms with Crippen molar-refractivity contribution in [2.75, 3.05) is 46.4 Å². The van der Waals surface area contributed by atoms with Crippen LogP contribution in [0.5, 0.6) is 11.5 Å². The summed E-state index contributed by atoms with van der Waals surface area (Å²) in [6.45, 7) is 6.10. The number of ether oxygens (including phenoxy) is 2. The van der Waals surface area contributed by atoms with Crippen LogP contribution >= 0.6 is 0 Å². The maximum absolute atomic E-state index is 12.9. The molecule has 0 bridgehead atoms. The van der Waals surface area contributed by atoms with Crippen LogP contribution in [0.15, 0.2) is 47.4 Å². The van der Waals surface area contributed by atoms with E-state index in [-0.39, 0.29) is 19.1 Å². The zero-order chi connectivity index (χ0) is 23.1. The fourth-order valence-electron chi connectivity index (χ4n) is 3.40. The van der Waals surface area contributed by atoms with Gasteiger partial charge in [-0.1, -0.05) is 6.07 Å². The van der Waals surface area contributed by atoms with Gasteiger partial charge in [-0.25, -0.2) is 13.2 Å². The number of amides is 2. The van der Waals surface area contributed by atoms with Gasteiger partial charge in [0.1, 0.15) is 11.5 Å². The van der Waals surface area contributed by atoms with E-state index in [1.165, 1.54) is 4.31 Å². The maximum atomic E-state index is 12.9. The van der Waals surface area contributed by atoms with Crippen LogP contribution in [-0.4, -0.2) is 70.1 Å². The fraction of sp³-hybridized carbons (Fsp3) is 0.435. The lowest BCUT2D eigenvalue weighted by Gasteiger charge is -2.34. The Bertz CT molecular complexity index is 1020. The van der Waals surface area contributed by atoms with E-state index < -0.39 is 10.0 Å². The summed E-state index contributed by atoms with van der Waals surface area (Å²) in [6, 6.07) is 12.3. The molecule has 0 radical (unpaired) electrons. The van der Waals surface area contributed by atoms with E-state index in [4.69, 9.17) is 9.47 Å². The molecule has 1 aliphatic heterocycles. The molecule has 1 saturated heterocycles. The smallest absolute Gasteiger partial charge is 0.317 e. The van der Waals surface area contributed by atoms with E-state index in [0.29, 0.717) is 37.6 Å². The van der Waals surface area contributed by atoms with Crippen molar-refractivity contribution in [3.05, 3.63) is 53.6 Å². The Morgan fingerprint density at radius 3 is 2.25 bits per heavy atom. The highest BCUT2D eigenvalue weighted by atomic mass is 32.2. The minimum absolute atomic E-state index is 0.183. The summed E-state index contributed by atoms with van der Waals surface area (Å²) < 4.78 is 38.0. The molecular weight excluding hydrogens is 430 g/mol. The molecule has 32 heavy (non-hydrogen) atoms. The molecule has 9 heteroatoms. The second-order valence-corrected chi connectivity index (χ2v) is 9.68. The fourth-order valence-corrected chi connectivity index (χ4v) is 4.90. The van der Waals surface area contributed by atoms with Gasteiger partial charge in [-0.3, -0.25) is 0 Å². The molecule has 3 rings (SSSR count). The predicted octanol–water partition coefficient (Wildman–Crippen LogP) is 2.80. The number of sulfonamides is 1. The third-order valence-corrected chi connectivity index (χ3v) is 7.46. The molecule has 1 fully saturated rings. The largest absolute Gasteiger partial charge is 0.497 e. The van der Waals surface area contributed by atoms with Crippen molar-refractivity contribution in [3.63, 3.8) is 0 Å². The van der Waals surface area contributed by atoms with Gasteiger partial charge >= 0.3 is 6.03 Å². The number of rotatable bonds is 8. The van der Waals surface area contributed by atoms with Gasteiger partial charge in [0.15, 0.2) is 0 Å². The van der Waals surface area contributed by atoms with Crippen molar-refractivity contribution in [3.8, 4) is 11.5 Å². The number of hydrogen-bond donors (Lipinski definition) is 1. The minimum atomic E-state index is -3.56. The highest BCUT2D eigenvalue weighted by Crippen LogP contribution is 2.20. The van der Waals surface area contributed by atoms with Gasteiger partial charge in [0.2, 0.25) is 10.0 Å². The van der Waals surface area contributed by atoms with Crippen LogP contribution in [0.4, 0.5) is 4.79 Å². The van der Waals surface area contributed by atoms with Crippen molar-refractivity contribution in [1.82, 2.24) is 14.5 Å². The number of urea groups is 1. The average molecular weight is 462 g/mol. The summed E-state index contributed by atoms with van der Waals surface area (Å²) in [5.74, 6) is 1.52. The summed E-state index contributed by atoms with van der Waals surface area (Å²) in [4.78, 5) is 14.4. The first-order valence-electron chi connectivity index (χ1n) is 10.7. The Hall–Kier alpha value is -2.78. The highest BCUT2D eigenvalue weighted by molar-refractivity contribution is 7.89. The quantitative estimate of drug-likeness (QED) is 0.611. The molecule has 0 aromatic heterocycles. The topological polar surface area (TPSA) is 88.2 Å². The van der Waals surface area contributed by atoms with Crippen LogP contribution in [0.2, 0.25) is 0 Å². The van der Waals surface area contributed by atoms with Crippen LogP contribution in [0.3, 0.4) is 0 Å². The van der Waals surface area contributed by atoms with Crippen molar-refractivity contribution in [1.29, 1.82) is 0 Å². The van der Waals surface area contributed by atoms with Crippen LogP contribution in [0, 0.1) is 13.8 Å². The van der Waals surface area contributed by atoms with Crippen molar-refractivity contribution in [2.24, 2.45) is 0 Å². The van der Waals surface area contributed by atoms with Gasteiger partial charge in [0.25, 0.3) is 0 Å². The second kappa shape index (κ2) is 10.7. The second-order valence-electron chi connectivity index (χ2n) is 7.75. The van der Waals surface area contributed by atoms with Gasteiger partial charge in [-0.15, -0.1) is 0 Å². The van der Waals surface area contributed by atoms with E-state index >= 15 is 0 Å². The zero-order valence-electron chi connectivity index (χ0n) is 18.8. The summed E-state index contributed by atoms with van der Waals surface area (Å²) in [7, 11) is -1.94. The molecule has 1 heterocycles. The van der Waals surface area contributed by atoms with Gasteiger partial charge in [0, 0.05) is 32.7 Å². The van der Waals surface area contributed by atoms with Gasteiger partial charge in [0.05, 0.1) is 18.6 Å². The normalized spacial score (nSPS) is 14.8. The first-order valence-corrected chi connectivity index (χ1v) is 12.1. The molecule has 0 unspecified atom stereocenters. The van der Waals surface area contributed by atoms with Crippen LogP contribution in [0.1, 0.15) is 17.5 Å². The number of carbonyl (C=O) groups is 1. The van der Waals surface area contributed by atoms with E-state index in [1.54, 1.807) is 24.1 Å². The summed E-state index contributed by atoms with van der Waals surface area (Å²) in [5, 5.41) is 2.87. The average Bonchev–Trinajstić information content (AvgIpc) is 2.81. The van der Waals surface area contributed by atoms with E-state index in [0.717, 1.165) is 22.6 Å². The highest BCUT2D eigenvalue weighted by Gasteiger charge is 2.30. The predicted molar refractivity (Wildman–Crippen MR) is 123 cm³/mol. The Labute approximate surface area is 190 Å². The molecule has 2 aromatic carbocycles. The lowest BCUT2D eigenvalue weighted by atomic mass is 10.1. The van der Waals surface area contributed by atoms with Crippen LogP contribution in [-0.2, 0) is 10.0 Å². The summed E-state index contributed by atoms with van der Waals surface area (Å²) >= 11 is 0. The number of benzene rings is 2. The summed E-state index contributed by atoms with van der Waals surface area (Å²) in [6.07, 6.45) is 0.666. The van der Waals surface area contributed by atoms with Gasteiger partial charge in [-0.05, 0) is 67.8 Å². The Morgan fingerprint density at radius 2 is 1.62 bits per heavy atom. The standard InChI is InChI=1S/C23H31N3O5S/c1-18-5-10-22(17-19(18)2)32(28,29)26-14-12-25(13-15-26)23(27)24-11-4-16-31-21-8-6-20(30-3)7-9-21/h5-10,17H,4,11-16H2,1-3H3,(H,24,27). The van der Waals surface area contributed by atoms with E-state index in [1.807, 2.05) is 44.2 Å². The van der Waals surface area contributed by atoms with Crippen molar-refractivity contribution in [2.45, 2.75) is 25.2 Å². The molecule has 8 nitrogen and oxygen atoms in total. The van der Waals surface area contributed by atoms with E-state index in [2.05, 4.69) is 5.32 Å². The molecule has 174 valence electrons. The lowest BCUT2D eigenvalue weighted by Crippen LogP contribution is -2.53. The zero-order valence-corrected chi connectivity index (χ0v) is 19.7. The number of nitrogens with zero attached hydrogens (tertiary/aromatic N) is 2. The summed E-state index contributed by atoms with van der Waals surface area (Å²) in [5.41, 5.74) is 2.00. The molecule has 0 saturated carbocycles. The third kappa shape index (κ3) is 5.92. The number of carbonyl (C=O) groups excluding carboxylic acids is 1. The Kier molecular flexibility index (Phi) is 7.98.